The van der Waals surface area contributed by atoms with Gasteiger partial charge < -0.3 is 4.98 Å². The van der Waals surface area contributed by atoms with Crippen LogP contribution in [0.3, 0.4) is 0 Å². The summed E-state index contributed by atoms with van der Waals surface area (Å²) in [5.74, 6) is 2.88. The van der Waals surface area contributed by atoms with Gasteiger partial charge in [-0.05, 0) is 18.6 Å². The van der Waals surface area contributed by atoms with E-state index < -0.39 is 0 Å². The standard InChI is InChI=1S/C8H9N/c1-3-7(2)8-4-5-9-6-8/h1,4-7,9H,2H3. The van der Waals surface area contributed by atoms with Crippen LogP contribution in [0.2, 0.25) is 0 Å². The van der Waals surface area contributed by atoms with Crippen LogP contribution in [0.4, 0.5) is 0 Å². The Labute approximate surface area is 55.1 Å². The number of hydrogen-bond donors (Lipinski definition) is 1. The Morgan fingerprint density at radius 2 is 2.56 bits per heavy atom. The lowest BCUT2D eigenvalue weighted by Crippen LogP contribution is -1.83. The van der Waals surface area contributed by atoms with Crippen LogP contribution in [0.5, 0.6) is 0 Å². The van der Waals surface area contributed by atoms with Crippen LogP contribution in [0.15, 0.2) is 18.5 Å². The van der Waals surface area contributed by atoms with E-state index in [4.69, 9.17) is 6.42 Å². The Balaban J connectivity index is 2.80. The summed E-state index contributed by atoms with van der Waals surface area (Å²) in [6.45, 7) is 2.00. The highest BCUT2D eigenvalue weighted by molar-refractivity contribution is 5.21. The molecule has 1 heteroatoms. The molecule has 46 valence electrons. The van der Waals surface area contributed by atoms with Crippen molar-refractivity contribution in [1.82, 2.24) is 4.98 Å². The summed E-state index contributed by atoms with van der Waals surface area (Å²) in [6.07, 6.45) is 9.00. The lowest BCUT2D eigenvalue weighted by atomic mass is 10.1. The molecule has 1 unspecified atom stereocenters. The minimum atomic E-state index is 0.233. The molecule has 0 aromatic carbocycles. The van der Waals surface area contributed by atoms with E-state index >= 15 is 0 Å². The van der Waals surface area contributed by atoms with Crippen LogP contribution in [0, 0.1) is 12.3 Å². The summed E-state index contributed by atoms with van der Waals surface area (Å²) in [4.78, 5) is 2.95. The van der Waals surface area contributed by atoms with Crippen LogP contribution in [-0.4, -0.2) is 4.98 Å². The average Bonchev–Trinajstić information content (AvgIpc) is 2.37. The van der Waals surface area contributed by atoms with Gasteiger partial charge in [-0.3, -0.25) is 0 Å². The first-order valence-electron chi connectivity index (χ1n) is 2.93. The lowest BCUT2D eigenvalue weighted by Gasteiger charge is -1.95. The zero-order valence-electron chi connectivity index (χ0n) is 5.39. The fraction of sp³-hybridized carbons (Fsp3) is 0.250. The molecule has 1 nitrogen and oxygen atoms in total. The predicted molar refractivity (Wildman–Crippen MR) is 38.0 cm³/mol. The SMILES string of the molecule is C#CC(C)c1cc[nH]c1. The second kappa shape index (κ2) is 2.41. The van der Waals surface area contributed by atoms with E-state index in [0.29, 0.717) is 0 Å². The summed E-state index contributed by atoms with van der Waals surface area (Å²) in [7, 11) is 0. The van der Waals surface area contributed by atoms with E-state index in [9.17, 15) is 0 Å². The molecule has 1 atom stereocenters. The monoisotopic (exact) mass is 119 g/mol. The minimum absolute atomic E-state index is 0.233. The van der Waals surface area contributed by atoms with E-state index in [1.165, 1.54) is 5.56 Å². The highest BCUT2D eigenvalue weighted by Gasteiger charge is 1.98. The summed E-state index contributed by atoms with van der Waals surface area (Å²) in [6, 6.07) is 1.99. The number of hydrogen-bond acceptors (Lipinski definition) is 0. The van der Waals surface area contributed by atoms with Crippen molar-refractivity contribution in [2.75, 3.05) is 0 Å². The molecule has 0 fully saturated rings. The van der Waals surface area contributed by atoms with Crippen LogP contribution in [-0.2, 0) is 0 Å². The minimum Gasteiger partial charge on any atom is -0.367 e. The van der Waals surface area contributed by atoms with Gasteiger partial charge in [-0.2, -0.15) is 0 Å². The third-order valence-corrected chi connectivity index (χ3v) is 1.37. The van der Waals surface area contributed by atoms with Crippen molar-refractivity contribution >= 4 is 0 Å². The van der Waals surface area contributed by atoms with E-state index in [2.05, 4.69) is 10.9 Å². The fourth-order valence-electron chi connectivity index (χ4n) is 0.702. The maximum Gasteiger partial charge on any atom is 0.0436 e. The second-order valence-electron chi connectivity index (χ2n) is 2.03. The van der Waals surface area contributed by atoms with Crippen LogP contribution >= 0.6 is 0 Å². The molecule has 0 aliphatic rings. The van der Waals surface area contributed by atoms with Gasteiger partial charge in [0.15, 0.2) is 0 Å². The van der Waals surface area contributed by atoms with E-state index in [0.717, 1.165) is 0 Å². The molecule has 0 saturated carbocycles. The molecule has 0 saturated heterocycles. The number of rotatable bonds is 1. The van der Waals surface area contributed by atoms with Crippen molar-refractivity contribution in [2.24, 2.45) is 0 Å². The van der Waals surface area contributed by atoms with Gasteiger partial charge >= 0.3 is 0 Å². The lowest BCUT2D eigenvalue weighted by molar-refractivity contribution is 1.01. The Morgan fingerprint density at radius 1 is 1.78 bits per heavy atom. The van der Waals surface area contributed by atoms with Gasteiger partial charge in [0, 0.05) is 18.3 Å². The number of nitrogens with one attached hydrogen (secondary N) is 1. The molecule has 1 rings (SSSR count). The van der Waals surface area contributed by atoms with Crippen molar-refractivity contribution in [3.63, 3.8) is 0 Å². The molecule has 9 heavy (non-hydrogen) atoms. The average molecular weight is 119 g/mol. The maximum absolute atomic E-state index is 5.20. The predicted octanol–water partition coefficient (Wildman–Crippen LogP) is 1.75. The van der Waals surface area contributed by atoms with E-state index in [-0.39, 0.29) is 5.92 Å². The zero-order chi connectivity index (χ0) is 6.69. The molecule has 1 aromatic rings. The number of aromatic nitrogens is 1. The molecule has 0 bridgehead atoms. The third-order valence-electron chi connectivity index (χ3n) is 1.37. The van der Waals surface area contributed by atoms with Gasteiger partial charge in [-0.25, -0.2) is 0 Å². The molecule has 1 N–H and O–H groups in total. The van der Waals surface area contributed by atoms with Crippen molar-refractivity contribution < 1.29 is 0 Å². The summed E-state index contributed by atoms with van der Waals surface area (Å²) in [5, 5.41) is 0. The molecule has 0 spiro atoms. The van der Waals surface area contributed by atoms with E-state index in [1.807, 2.05) is 25.4 Å². The largest absolute Gasteiger partial charge is 0.367 e. The highest BCUT2D eigenvalue weighted by atomic mass is 14.6. The third kappa shape index (κ3) is 1.14. The quantitative estimate of drug-likeness (QED) is 0.542. The molecule has 1 aromatic heterocycles. The first kappa shape index (κ1) is 5.97. The van der Waals surface area contributed by atoms with Crippen LogP contribution in [0.1, 0.15) is 18.4 Å². The Kier molecular flexibility index (Phi) is 1.60. The fourth-order valence-corrected chi connectivity index (χ4v) is 0.702. The summed E-state index contributed by atoms with van der Waals surface area (Å²) >= 11 is 0. The molecule has 0 amide bonds. The molecule has 0 aliphatic heterocycles. The Hall–Kier alpha value is -1.16. The van der Waals surface area contributed by atoms with Gasteiger partial charge in [0.1, 0.15) is 0 Å². The molecule has 0 aliphatic carbocycles. The van der Waals surface area contributed by atoms with Gasteiger partial charge in [-0.15, -0.1) is 6.42 Å². The first-order valence-corrected chi connectivity index (χ1v) is 2.93. The Morgan fingerprint density at radius 3 is 3.00 bits per heavy atom. The van der Waals surface area contributed by atoms with Gasteiger partial charge in [0.2, 0.25) is 0 Å². The summed E-state index contributed by atoms with van der Waals surface area (Å²) < 4.78 is 0. The zero-order valence-corrected chi connectivity index (χ0v) is 5.39. The van der Waals surface area contributed by atoms with Crippen molar-refractivity contribution in [1.29, 1.82) is 0 Å². The van der Waals surface area contributed by atoms with Crippen molar-refractivity contribution in [3.8, 4) is 12.3 Å². The maximum atomic E-state index is 5.20. The van der Waals surface area contributed by atoms with Gasteiger partial charge in [0.05, 0.1) is 0 Å². The molecule has 1 heterocycles. The van der Waals surface area contributed by atoms with Gasteiger partial charge in [0.25, 0.3) is 0 Å². The normalized spacial score (nSPS) is 12.4. The number of aromatic amines is 1. The van der Waals surface area contributed by atoms with Crippen molar-refractivity contribution in [3.05, 3.63) is 24.0 Å². The van der Waals surface area contributed by atoms with E-state index in [1.54, 1.807) is 0 Å². The molecular weight excluding hydrogens is 110 g/mol. The van der Waals surface area contributed by atoms with Crippen molar-refractivity contribution in [2.45, 2.75) is 12.8 Å². The van der Waals surface area contributed by atoms with Gasteiger partial charge in [-0.1, -0.05) is 5.92 Å². The topological polar surface area (TPSA) is 15.8 Å². The smallest absolute Gasteiger partial charge is 0.0436 e. The Bertz CT molecular complexity index is 203. The van der Waals surface area contributed by atoms with Crippen LogP contribution in [0.25, 0.3) is 0 Å². The number of terminal acetylenes is 1. The second-order valence-corrected chi connectivity index (χ2v) is 2.03. The molecular formula is C8H9N. The number of H-pyrrole nitrogens is 1. The molecule has 0 radical (unpaired) electrons. The summed E-state index contributed by atoms with van der Waals surface area (Å²) in [5.41, 5.74) is 1.18. The van der Waals surface area contributed by atoms with Crippen LogP contribution < -0.4 is 0 Å². The first-order chi connectivity index (χ1) is 4.34. The highest BCUT2D eigenvalue weighted by Crippen LogP contribution is 2.11.